The number of likely N-dealkylation sites (N-methyl/N-ethyl adjacent to an activating group) is 1. The average molecular weight is 254 g/mol. The molecule has 1 atom stereocenters. The lowest BCUT2D eigenvalue weighted by molar-refractivity contribution is -0.139. The molecule has 0 spiro atoms. The van der Waals surface area contributed by atoms with Crippen LogP contribution in [-0.2, 0) is 9.59 Å². The molecule has 1 aliphatic rings. The third-order valence-electron chi connectivity index (χ3n) is 3.51. The molecule has 1 amide bonds. The number of nitrogens with one attached hydrogen (secondary N) is 2. The van der Waals surface area contributed by atoms with Gasteiger partial charge in [-0.25, -0.2) is 0 Å². The highest BCUT2D eigenvalue weighted by Gasteiger charge is 2.26. The molecule has 0 aromatic carbocycles. The van der Waals surface area contributed by atoms with Crippen LogP contribution in [0.25, 0.3) is 0 Å². The van der Waals surface area contributed by atoms with Crippen molar-refractivity contribution in [2.75, 3.05) is 6.54 Å². The Kier molecular flexibility index (Phi) is 6.94. The zero-order chi connectivity index (χ0) is 13.4. The van der Waals surface area contributed by atoms with Crippen molar-refractivity contribution in [3.8, 4) is 0 Å². The quantitative estimate of drug-likeness (QED) is 0.681. The van der Waals surface area contributed by atoms with E-state index in [9.17, 15) is 9.59 Å². The molecule has 0 aliphatic heterocycles. The number of hydrogen-bond donors (Lipinski definition) is 2. The summed E-state index contributed by atoms with van der Waals surface area (Å²) in [4.78, 5) is 23.9. The molecule has 1 saturated carbocycles. The number of hydrogen-bond acceptors (Lipinski definition) is 3. The monoisotopic (exact) mass is 254 g/mol. The van der Waals surface area contributed by atoms with Crippen LogP contribution in [0.2, 0.25) is 0 Å². The molecule has 0 bridgehead atoms. The van der Waals surface area contributed by atoms with Gasteiger partial charge in [0.1, 0.15) is 0 Å². The van der Waals surface area contributed by atoms with Gasteiger partial charge in [0.2, 0.25) is 5.78 Å². The minimum Gasteiger partial charge on any atom is -0.347 e. The Morgan fingerprint density at radius 1 is 1.17 bits per heavy atom. The van der Waals surface area contributed by atoms with Gasteiger partial charge in [-0.2, -0.15) is 0 Å². The van der Waals surface area contributed by atoms with Crippen LogP contribution in [0, 0.1) is 0 Å². The summed E-state index contributed by atoms with van der Waals surface area (Å²) in [6.45, 7) is 4.69. The smallest absolute Gasteiger partial charge is 0.289 e. The number of rotatable bonds is 7. The predicted octanol–water partition coefficient (Wildman–Crippen LogP) is 1.78. The molecule has 0 aromatic heterocycles. The molecule has 1 rings (SSSR count). The van der Waals surface area contributed by atoms with Crippen molar-refractivity contribution in [3.05, 3.63) is 0 Å². The van der Waals surface area contributed by atoms with Crippen molar-refractivity contribution in [2.24, 2.45) is 0 Å². The molecule has 1 aliphatic carbocycles. The molecule has 104 valence electrons. The summed E-state index contributed by atoms with van der Waals surface area (Å²) >= 11 is 0. The molecule has 1 unspecified atom stereocenters. The normalized spacial score (nSPS) is 18.3. The summed E-state index contributed by atoms with van der Waals surface area (Å²) in [6, 6.07) is -0.109. The average Bonchev–Trinajstić information content (AvgIpc) is 2.39. The van der Waals surface area contributed by atoms with E-state index in [1.807, 2.05) is 13.8 Å². The Labute approximate surface area is 110 Å². The van der Waals surface area contributed by atoms with Crippen LogP contribution < -0.4 is 10.6 Å². The summed E-state index contributed by atoms with van der Waals surface area (Å²) in [6.07, 6.45) is 7.22. The molecule has 4 heteroatoms. The summed E-state index contributed by atoms with van der Waals surface area (Å²) in [5.74, 6) is -0.703. The molecule has 1 fully saturated rings. The maximum Gasteiger partial charge on any atom is 0.289 e. The fourth-order valence-corrected chi connectivity index (χ4v) is 2.52. The summed E-state index contributed by atoms with van der Waals surface area (Å²) in [5.41, 5.74) is 0. The van der Waals surface area contributed by atoms with E-state index in [0.29, 0.717) is 6.54 Å². The van der Waals surface area contributed by atoms with Crippen molar-refractivity contribution in [3.63, 3.8) is 0 Å². The third-order valence-corrected chi connectivity index (χ3v) is 3.51. The van der Waals surface area contributed by atoms with Crippen LogP contribution in [0.4, 0.5) is 0 Å². The first-order valence-electron chi connectivity index (χ1n) is 7.27. The Morgan fingerprint density at radius 2 is 1.83 bits per heavy atom. The molecule has 4 nitrogen and oxygen atoms in total. The zero-order valence-electron chi connectivity index (χ0n) is 11.6. The van der Waals surface area contributed by atoms with E-state index in [4.69, 9.17) is 0 Å². The molecule has 18 heavy (non-hydrogen) atoms. The molecular weight excluding hydrogens is 228 g/mol. The predicted molar refractivity (Wildman–Crippen MR) is 72.4 cm³/mol. The van der Waals surface area contributed by atoms with E-state index >= 15 is 0 Å². The van der Waals surface area contributed by atoms with E-state index in [2.05, 4.69) is 10.6 Å². The SMILES string of the molecule is CCCC(NCC)C(=O)C(=O)NC1CCCCC1. The maximum absolute atomic E-state index is 12.0. The minimum absolute atomic E-state index is 0.208. The van der Waals surface area contributed by atoms with E-state index in [0.717, 1.165) is 38.5 Å². The number of Topliss-reactive ketones (excluding diaryl/α,β-unsaturated/α-hetero) is 1. The fourth-order valence-electron chi connectivity index (χ4n) is 2.52. The topological polar surface area (TPSA) is 58.2 Å². The summed E-state index contributed by atoms with van der Waals surface area (Å²) in [7, 11) is 0. The van der Waals surface area contributed by atoms with Crippen LogP contribution in [0.3, 0.4) is 0 Å². The van der Waals surface area contributed by atoms with Gasteiger partial charge in [-0.05, 0) is 25.8 Å². The maximum atomic E-state index is 12.0. The highest BCUT2D eigenvalue weighted by Crippen LogP contribution is 2.17. The van der Waals surface area contributed by atoms with Crippen LogP contribution in [-0.4, -0.2) is 30.3 Å². The first-order chi connectivity index (χ1) is 8.69. The number of ketones is 1. The lowest BCUT2D eigenvalue weighted by Gasteiger charge is -2.23. The molecule has 0 aromatic rings. The molecule has 0 radical (unpaired) electrons. The van der Waals surface area contributed by atoms with Crippen LogP contribution in [0.15, 0.2) is 0 Å². The molecule has 0 heterocycles. The highest BCUT2D eigenvalue weighted by molar-refractivity contribution is 6.38. The number of carbonyl (C=O) groups excluding carboxylic acids is 2. The van der Waals surface area contributed by atoms with E-state index in [1.165, 1.54) is 6.42 Å². The first kappa shape index (κ1) is 15.2. The number of amides is 1. The van der Waals surface area contributed by atoms with Gasteiger partial charge in [-0.1, -0.05) is 39.5 Å². The second-order valence-electron chi connectivity index (χ2n) is 5.07. The van der Waals surface area contributed by atoms with Crippen molar-refractivity contribution < 1.29 is 9.59 Å². The van der Waals surface area contributed by atoms with Crippen molar-refractivity contribution in [2.45, 2.75) is 70.9 Å². The Hall–Kier alpha value is -0.900. The Balaban J connectivity index is 2.44. The van der Waals surface area contributed by atoms with E-state index in [1.54, 1.807) is 0 Å². The van der Waals surface area contributed by atoms with Crippen molar-refractivity contribution in [1.82, 2.24) is 10.6 Å². The van der Waals surface area contributed by atoms with Gasteiger partial charge < -0.3 is 10.6 Å². The fraction of sp³-hybridized carbons (Fsp3) is 0.857. The number of carbonyl (C=O) groups is 2. The van der Waals surface area contributed by atoms with Crippen molar-refractivity contribution in [1.29, 1.82) is 0 Å². The van der Waals surface area contributed by atoms with E-state index < -0.39 is 5.91 Å². The third kappa shape index (κ3) is 4.77. The lowest BCUT2D eigenvalue weighted by atomic mass is 9.95. The second-order valence-corrected chi connectivity index (χ2v) is 5.07. The van der Waals surface area contributed by atoms with Gasteiger partial charge in [-0.3, -0.25) is 9.59 Å². The molecular formula is C14H26N2O2. The Morgan fingerprint density at radius 3 is 2.39 bits per heavy atom. The standard InChI is InChI=1S/C14H26N2O2/c1-3-8-12(15-4-2)13(17)14(18)16-11-9-6-5-7-10-11/h11-12,15H,3-10H2,1-2H3,(H,16,18). The van der Waals surface area contributed by atoms with Crippen LogP contribution in [0.1, 0.15) is 58.8 Å². The zero-order valence-corrected chi connectivity index (χ0v) is 11.6. The van der Waals surface area contributed by atoms with Crippen molar-refractivity contribution >= 4 is 11.7 Å². The summed E-state index contributed by atoms with van der Waals surface area (Å²) in [5, 5.41) is 5.98. The lowest BCUT2D eigenvalue weighted by Crippen LogP contribution is -2.48. The van der Waals surface area contributed by atoms with Gasteiger partial charge in [0.15, 0.2) is 0 Å². The van der Waals surface area contributed by atoms with E-state index in [-0.39, 0.29) is 17.9 Å². The molecule has 2 N–H and O–H groups in total. The largest absolute Gasteiger partial charge is 0.347 e. The summed E-state index contributed by atoms with van der Waals surface area (Å²) < 4.78 is 0. The second kappa shape index (κ2) is 8.25. The van der Waals surface area contributed by atoms with Gasteiger partial charge in [0, 0.05) is 6.04 Å². The Bertz CT molecular complexity index is 267. The van der Waals surface area contributed by atoms with Gasteiger partial charge in [0.05, 0.1) is 6.04 Å². The van der Waals surface area contributed by atoms with Gasteiger partial charge in [-0.15, -0.1) is 0 Å². The highest BCUT2D eigenvalue weighted by atomic mass is 16.2. The van der Waals surface area contributed by atoms with Gasteiger partial charge >= 0.3 is 0 Å². The van der Waals surface area contributed by atoms with Crippen LogP contribution >= 0.6 is 0 Å². The van der Waals surface area contributed by atoms with Crippen LogP contribution in [0.5, 0.6) is 0 Å². The van der Waals surface area contributed by atoms with Gasteiger partial charge in [0.25, 0.3) is 5.91 Å². The first-order valence-corrected chi connectivity index (χ1v) is 7.27. The minimum atomic E-state index is -0.402. The molecule has 0 saturated heterocycles.